The van der Waals surface area contributed by atoms with E-state index in [9.17, 15) is 4.79 Å². The first kappa shape index (κ1) is 14.3. The van der Waals surface area contributed by atoms with Crippen LogP contribution in [-0.2, 0) is 11.2 Å². The summed E-state index contributed by atoms with van der Waals surface area (Å²) in [4.78, 5) is 14.5. The van der Waals surface area contributed by atoms with Gasteiger partial charge in [0.15, 0.2) is 0 Å². The van der Waals surface area contributed by atoms with E-state index in [1.165, 1.54) is 5.56 Å². The fourth-order valence-electron chi connectivity index (χ4n) is 2.59. The molecule has 0 unspecified atom stereocenters. The summed E-state index contributed by atoms with van der Waals surface area (Å²) >= 11 is 0. The SMILES string of the molecule is C=CC[C@H]1C=C[C@@H](Cc2ccccc2)C(=O)N1CC=C. The number of hydrogen-bond acceptors (Lipinski definition) is 1. The van der Waals surface area contributed by atoms with Gasteiger partial charge in [0.2, 0.25) is 5.91 Å². The van der Waals surface area contributed by atoms with Gasteiger partial charge in [0.25, 0.3) is 0 Å². The maximum Gasteiger partial charge on any atom is 0.230 e. The smallest absolute Gasteiger partial charge is 0.230 e. The van der Waals surface area contributed by atoms with Gasteiger partial charge in [-0.3, -0.25) is 4.79 Å². The van der Waals surface area contributed by atoms with Crippen molar-refractivity contribution in [1.82, 2.24) is 4.90 Å². The topological polar surface area (TPSA) is 20.3 Å². The van der Waals surface area contributed by atoms with E-state index < -0.39 is 0 Å². The number of rotatable bonds is 6. The number of benzene rings is 1. The van der Waals surface area contributed by atoms with E-state index >= 15 is 0 Å². The molecular formula is C18H21NO. The molecule has 0 fully saturated rings. The van der Waals surface area contributed by atoms with Crippen molar-refractivity contribution < 1.29 is 4.79 Å². The van der Waals surface area contributed by atoms with Gasteiger partial charge in [-0.15, -0.1) is 13.2 Å². The molecular weight excluding hydrogens is 246 g/mol. The van der Waals surface area contributed by atoms with Crippen LogP contribution in [-0.4, -0.2) is 23.4 Å². The Morgan fingerprint density at radius 2 is 1.85 bits per heavy atom. The van der Waals surface area contributed by atoms with E-state index in [4.69, 9.17) is 0 Å². The molecule has 2 rings (SSSR count). The monoisotopic (exact) mass is 267 g/mol. The third-order valence-corrected chi connectivity index (χ3v) is 3.60. The first-order valence-electron chi connectivity index (χ1n) is 7.00. The molecule has 104 valence electrons. The van der Waals surface area contributed by atoms with Gasteiger partial charge in [0, 0.05) is 6.54 Å². The number of hydrogen-bond donors (Lipinski definition) is 0. The second-order valence-corrected chi connectivity index (χ2v) is 5.05. The van der Waals surface area contributed by atoms with Gasteiger partial charge < -0.3 is 4.90 Å². The van der Waals surface area contributed by atoms with Gasteiger partial charge in [-0.25, -0.2) is 0 Å². The molecule has 1 aliphatic heterocycles. The van der Waals surface area contributed by atoms with E-state index in [1.807, 2.05) is 35.3 Å². The molecule has 0 radical (unpaired) electrons. The molecule has 0 bridgehead atoms. The number of amides is 1. The minimum absolute atomic E-state index is 0.0709. The third kappa shape index (κ3) is 3.27. The molecule has 1 heterocycles. The van der Waals surface area contributed by atoms with Crippen LogP contribution in [0.25, 0.3) is 0 Å². The fourth-order valence-corrected chi connectivity index (χ4v) is 2.59. The Kier molecular flexibility index (Phi) is 4.94. The maximum atomic E-state index is 12.6. The quantitative estimate of drug-likeness (QED) is 0.724. The van der Waals surface area contributed by atoms with Crippen molar-refractivity contribution >= 4 is 5.91 Å². The van der Waals surface area contributed by atoms with Gasteiger partial charge in [0.05, 0.1) is 12.0 Å². The molecule has 0 N–H and O–H groups in total. The first-order chi connectivity index (χ1) is 9.76. The predicted octanol–water partition coefficient (Wildman–Crippen LogP) is 3.37. The molecule has 2 heteroatoms. The maximum absolute atomic E-state index is 12.6. The van der Waals surface area contributed by atoms with Crippen molar-refractivity contribution in [3.63, 3.8) is 0 Å². The lowest BCUT2D eigenvalue weighted by Gasteiger charge is -2.34. The van der Waals surface area contributed by atoms with Gasteiger partial charge in [-0.2, -0.15) is 0 Å². The molecule has 0 saturated carbocycles. The summed E-state index contributed by atoms with van der Waals surface area (Å²) in [6.45, 7) is 8.10. The third-order valence-electron chi connectivity index (χ3n) is 3.60. The molecule has 1 aliphatic rings. The molecule has 0 spiro atoms. The fraction of sp³-hybridized carbons (Fsp3) is 0.278. The van der Waals surface area contributed by atoms with Crippen molar-refractivity contribution in [1.29, 1.82) is 0 Å². The minimum atomic E-state index is -0.0709. The Balaban J connectivity index is 2.15. The van der Waals surface area contributed by atoms with Crippen LogP contribution >= 0.6 is 0 Å². The summed E-state index contributed by atoms with van der Waals surface area (Å²) in [7, 11) is 0. The van der Waals surface area contributed by atoms with Gasteiger partial charge in [-0.1, -0.05) is 54.6 Å². The van der Waals surface area contributed by atoms with E-state index in [0.717, 1.165) is 12.8 Å². The van der Waals surface area contributed by atoms with Crippen molar-refractivity contribution in [3.05, 3.63) is 73.4 Å². The predicted molar refractivity (Wildman–Crippen MR) is 83.3 cm³/mol. The zero-order valence-electron chi connectivity index (χ0n) is 11.7. The van der Waals surface area contributed by atoms with Crippen LogP contribution in [0.1, 0.15) is 12.0 Å². The molecule has 2 nitrogen and oxygen atoms in total. The van der Waals surface area contributed by atoms with Gasteiger partial charge >= 0.3 is 0 Å². The summed E-state index contributed by atoms with van der Waals surface area (Å²) < 4.78 is 0. The second kappa shape index (κ2) is 6.90. The largest absolute Gasteiger partial charge is 0.332 e. The Hall–Kier alpha value is -2.09. The highest BCUT2D eigenvalue weighted by Gasteiger charge is 2.29. The lowest BCUT2D eigenvalue weighted by Crippen LogP contribution is -2.45. The molecule has 1 aromatic carbocycles. The average molecular weight is 267 g/mol. The lowest BCUT2D eigenvalue weighted by molar-refractivity contribution is -0.135. The molecule has 2 atom stereocenters. The Bertz CT molecular complexity index is 503. The summed E-state index contributed by atoms with van der Waals surface area (Å²) in [5, 5.41) is 0. The number of nitrogens with zero attached hydrogens (tertiary/aromatic N) is 1. The summed E-state index contributed by atoms with van der Waals surface area (Å²) in [6, 6.07) is 10.3. The number of carbonyl (C=O) groups is 1. The van der Waals surface area contributed by atoms with Crippen LogP contribution < -0.4 is 0 Å². The highest BCUT2D eigenvalue weighted by Crippen LogP contribution is 2.22. The van der Waals surface area contributed by atoms with Crippen LogP contribution in [0.4, 0.5) is 0 Å². The van der Waals surface area contributed by atoms with Crippen molar-refractivity contribution in [3.8, 4) is 0 Å². The van der Waals surface area contributed by atoms with E-state index in [2.05, 4.69) is 31.4 Å². The van der Waals surface area contributed by atoms with Crippen LogP contribution in [0.5, 0.6) is 0 Å². The molecule has 20 heavy (non-hydrogen) atoms. The molecule has 0 saturated heterocycles. The number of carbonyl (C=O) groups excluding carboxylic acids is 1. The molecule has 1 amide bonds. The highest BCUT2D eigenvalue weighted by molar-refractivity contribution is 5.82. The summed E-state index contributed by atoms with van der Waals surface area (Å²) in [5.41, 5.74) is 1.19. The lowest BCUT2D eigenvalue weighted by atomic mass is 9.92. The van der Waals surface area contributed by atoms with Crippen molar-refractivity contribution in [2.24, 2.45) is 5.92 Å². The Morgan fingerprint density at radius 1 is 1.10 bits per heavy atom. The first-order valence-corrected chi connectivity index (χ1v) is 7.00. The van der Waals surface area contributed by atoms with Gasteiger partial charge in [-0.05, 0) is 18.4 Å². The summed E-state index contributed by atoms with van der Waals surface area (Å²) in [5.74, 6) is 0.113. The average Bonchev–Trinajstić information content (AvgIpc) is 2.47. The zero-order valence-corrected chi connectivity index (χ0v) is 11.7. The standard InChI is InChI=1S/C18H21NO/c1-3-8-17-12-11-16(18(20)19(17)13-4-2)14-15-9-6-5-7-10-15/h3-7,9-12,16-17H,1-2,8,13-14H2/t16-,17-/m0/s1. The van der Waals surface area contributed by atoms with Crippen LogP contribution in [0.2, 0.25) is 0 Å². The molecule has 0 aliphatic carbocycles. The van der Waals surface area contributed by atoms with Crippen LogP contribution in [0.15, 0.2) is 67.8 Å². The van der Waals surface area contributed by atoms with E-state index in [0.29, 0.717) is 6.54 Å². The minimum Gasteiger partial charge on any atom is -0.332 e. The normalized spacial score (nSPS) is 21.8. The van der Waals surface area contributed by atoms with Gasteiger partial charge in [0.1, 0.15) is 0 Å². The highest BCUT2D eigenvalue weighted by atomic mass is 16.2. The van der Waals surface area contributed by atoms with Crippen LogP contribution in [0, 0.1) is 5.92 Å². The molecule has 0 aromatic heterocycles. The van der Waals surface area contributed by atoms with Crippen LogP contribution in [0.3, 0.4) is 0 Å². The zero-order chi connectivity index (χ0) is 14.4. The Labute approximate surface area is 121 Å². The summed E-state index contributed by atoms with van der Waals surface area (Å²) in [6.07, 6.45) is 9.35. The molecule has 1 aromatic rings. The van der Waals surface area contributed by atoms with Crippen molar-refractivity contribution in [2.75, 3.05) is 6.54 Å². The second-order valence-electron chi connectivity index (χ2n) is 5.05. The van der Waals surface area contributed by atoms with E-state index in [1.54, 1.807) is 6.08 Å². The van der Waals surface area contributed by atoms with Crippen molar-refractivity contribution in [2.45, 2.75) is 18.9 Å². The Morgan fingerprint density at radius 3 is 2.50 bits per heavy atom. The van der Waals surface area contributed by atoms with E-state index in [-0.39, 0.29) is 17.9 Å².